The molecule has 0 saturated carbocycles. The summed E-state index contributed by atoms with van der Waals surface area (Å²) in [5, 5.41) is 13.9. The molecule has 1 amide bonds. The van der Waals surface area contributed by atoms with Gasteiger partial charge < -0.3 is 9.73 Å². The molecule has 0 spiro atoms. The average molecular weight is 716 g/mol. The SMILES string of the molecule is CNC(=O)c1c(-c2ccc(C)cc2)oc2cc(N(C)S(C)(=O)=O)c(-c3ccc4nc(CN5CC(C)(F)C5)n5c6cccc(C#N)c6cc5c4n3)cc12. The van der Waals surface area contributed by atoms with Crippen molar-refractivity contribution in [2.75, 3.05) is 37.7 Å². The number of fused-ring (bicyclic) bond motifs is 6. The van der Waals surface area contributed by atoms with E-state index in [1.165, 1.54) is 7.05 Å². The van der Waals surface area contributed by atoms with Gasteiger partial charge in [0.1, 0.15) is 28.4 Å². The van der Waals surface area contributed by atoms with Crippen LogP contribution in [0.3, 0.4) is 0 Å². The molecule has 4 aromatic heterocycles. The van der Waals surface area contributed by atoms with Crippen molar-refractivity contribution in [3.63, 3.8) is 0 Å². The number of likely N-dealkylation sites (tertiary alicyclic amines) is 1. The second-order valence-corrected chi connectivity index (χ2v) is 15.7. The van der Waals surface area contributed by atoms with E-state index in [1.807, 2.05) is 64.8 Å². The van der Waals surface area contributed by atoms with Crippen LogP contribution in [0.5, 0.6) is 0 Å². The van der Waals surface area contributed by atoms with E-state index in [1.54, 1.807) is 38.2 Å². The van der Waals surface area contributed by atoms with Crippen LogP contribution in [-0.4, -0.2) is 72.7 Å². The van der Waals surface area contributed by atoms with E-state index >= 15 is 0 Å². The van der Waals surface area contributed by atoms with Gasteiger partial charge in [-0.3, -0.25) is 18.4 Å². The Morgan fingerprint density at radius 2 is 1.81 bits per heavy atom. The molecule has 262 valence electrons. The number of furan rings is 1. The Kier molecular flexibility index (Phi) is 7.60. The van der Waals surface area contributed by atoms with E-state index in [0.717, 1.165) is 27.0 Å². The van der Waals surface area contributed by atoms with Gasteiger partial charge in [-0.25, -0.2) is 22.8 Å². The number of nitriles is 1. The Morgan fingerprint density at radius 1 is 1.06 bits per heavy atom. The number of anilines is 1. The molecule has 8 rings (SSSR count). The van der Waals surface area contributed by atoms with Gasteiger partial charge in [-0.05, 0) is 50.2 Å². The third kappa shape index (κ3) is 5.42. The predicted molar refractivity (Wildman–Crippen MR) is 200 cm³/mol. The summed E-state index contributed by atoms with van der Waals surface area (Å²) in [5.74, 6) is 0.666. The first-order chi connectivity index (χ1) is 24.8. The number of nitrogens with zero attached hydrogens (tertiary/aromatic N) is 6. The van der Waals surface area contributed by atoms with Crippen LogP contribution < -0.4 is 9.62 Å². The molecular weight excluding hydrogens is 682 g/mol. The molecule has 1 N–H and O–H groups in total. The monoisotopic (exact) mass is 715 g/mol. The normalized spacial score (nSPS) is 14.6. The minimum Gasteiger partial charge on any atom is -0.455 e. The smallest absolute Gasteiger partial charge is 0.255 e. The van der Waals surface area contributed by atoms with Crippen LogP contribution in [0.15, 0.2) is 77.2 Å². The second-order valence-electron chi connectivity index (χ2n) is 13.7. The van der Waals surface area contributed by atoms with Crippen molar-refractivity contribution in [2.45, 2.75) is 26.1 Å². The summed E-state index contributed by atoms with van der Waals surface area (Å²) in [7, 11) is -0.755. The third-order valence-electron chi connectivity index (χ3n) is 9.75. The fraction of sp³-hybridized carbons (Fsp3) is 0.231. The van der Waals surface area contributed by atoms with Crippen molar-refractivity contribution >= 4 is 60.0 Å². The molecule has 0 radical (unpaired) electrons. The lowest BCUT2D eigenvalue weighted by Gasteiger charge is -2.42. The molecule has 5 heterocycles. The highest BCUT2D eigenvalue weighted by atomic mass is 32.2. The molecule has 1 aliphatic heterocycles. The molecule has 11 nitrogen and oxygen atoms in total. The lowest BCUT2D eigenvalue weighted by atomic mass is 9.99. The number of hydrogen-bond acceptors (Lipinski definition) is 8. The van der Waals surface area contributed by atoms with Crippen LogP contribution in [0.1, 0.15) is 34.2 Å². The van der Waals surface area contributed by atoms with Gasteiger partial charge in [0.05, 0.1) is 57.9 Å². The molecule has 7 aromatic rings. The Labute approximate surface area is 299 Å². The predicted octanol–water partition coefficient (Wildman–Crippen LogP) is 6.60. The van der Waals surface area contributed by atoms with Crippen molar-refractivity contribution in [3.05, 3.63) is 95.3 Å². The van der Waals surface area contributed by atoms with Gasteiger partial charge in [-0.1, -0.05) is 35.9 Å². The van der Waals surface area contributed by atoms with E-state index in [2.05, 4.69) is 11.4 Å². The summed E-state index contributed by atoms with van der Waals surface area (Å²) in [4.78, 5) is 25.6. The van der Waals surface area contributed by atoms with Crippen molar-refractivity contribution in [3.8, 4) is 28.7 Å². The van der Waals surface area contributed by atoms with Gasteiger partial charge in [0.25, 0.3) is 5.91 Å². The van der Waals surface area contributed by atoms with Gasteiger partial charge in [0.2, 0.25) is 10.0 Å². The molecule has 0 bridgehead atoms. The Balaban J connectivity index is 1.40. The number of aryl methyl sites for hydroxylation is 1. The number of hydrogen-bond donors (Lipinski definition) is 1. The Morgan fingerprint density at radius 3 is 2.48 bits per heavy atom. The Bertz CT molecular complexity index is 2770. The molecule has 13 heteroatoms. The van der Waals surface area contributed by atoms with Gasteiger partial charge in [-0.2, -0.15) is 5.26 Å². The largest absolute Gasteiger partial charge is 0.455 e. The quantitative estimate of drug-likeness (QED) is 0.195. The third-order valence-corrected chi connectivity index (χ3v) is 10.9. The number of halogens is 1. The van der Waals surface area contributed by atoms with Crippen molar-refractivity contribution in [1.29, 1.82) is 5.26 Å². The number of nitrogens with one attached hydrogen (secondary N) is 1. The standard InChI is InChI=1S/C39H34FN7O4S/c1-22-9-11-23(12-10-22)37-35(38(48)42-3)27-15-26(31(17-33(27)51-37)45(4)52(5,49)50)28-13-14-29-36(44-28)32-16-25-24(18-41)7-6-8-30(25)47(32)34(43-29)19-46-20-39(2,40)21-46/h6-17H,19-21H2,1-5H3,(H,42,48). The highest BCUT2D eigenvalue weighted by Gasteiger charge is 2.39. The highest BCUT2D eigenvalue weighted by Crippen LogP contribution is 2.42. The summed E-state index contributed by atoms with van der Waals surface area (Å²) in [6.07, 6.45) is 1.11. The van der Waals surface area contributed by atoms with Gasteiger partial charge >= 0.3 is 0 Å². The summed E-state index contributed by atoms with van der Waals surface area (Å²) >= 11 is 0. The summed E-state index contributed by atoms with van der Waals surface area (Å²) in [6, 6.07) is 24.2. The number of rotatable bonds is 7. The Hall–Kier alpha value is -5.84. The molecule has 0 atom stereocenters. The molecule has 3 aromatic carbocycles. The first-order valence-electron chi connectivity index (χ1n) is 16.7. The van der Waals surface area contributed by atoms with Crippen molar-refractivity contribution < 1.29 is 22.0 Å². The lowest BCUT2D eigenvalue weighted by molar-refractivity contribution is -0.0240. The number of pyridine rings is 1. The maximum atomic E-state index is 14.5. The minimum atomic E-state index is -3.75. The van der Waals surface area contributed by atoms with Crippen LogP contribution in [0.4, 0.5) is 10.1 Å². The second kappa shape index (κ2) is 11.9. The molecule has 0 aliphatic carbocycles. The topological polar surface area (TPSA) is 137 Å². The molecular formula is C39H34FN7O4S. The zero-order valence-corrected chi connectivity index (χ0v) is 30.0. The summed E-state index contributed by atoms with van der Waals surface area (Å²) in [5.41, 5.74) is 5.34. The van der Waals surface area contributed by atoms with Crippen LogP contribution in [0.25, 0.3) is 61.0 Å². The van der Waals surface area contributed by atoms with E-state index in [4.69, 9.17) is 14.4 Å². The lowest BCUT2D eigenvalue weighted by Crippen LogP contribution is -2.56. The van der Waals surface area contributed by atoms with E-state index in [0.29, 0.717) is 79.3 Å². The number of aromatic nitrogens is 3. The van der Waals surface area contributed by atoms with E-state index < -0.39 is 15.7 Å². The molecule has 1 saturated heterocycles. The van der Waals surface area contributed by atoms with Crippen LogP contribution in [0.2, 0.25) is 0 Å². The first kappa shape index (κ1) is 33.3. The van der Waals surface area contributed by atoms with E-state index in [-0.39, 0.29) is 19.0 Å². The maximum Gasteiger partial charge on any atom is 0.255 e. The van der Waals surface area contributed by atoms with Gasteiger partial charge in [0, 0.05) is 55.2 Å². The zero-order chi connectivity index (χ0) is 36.7. The van der Waals surface area contributed by atoms with E-state index in [9.17, 15) is 22.9 Å². The fourth-order valence-corrected chi connectivity index (χ4v) is 7.70. The molecule has 1 fully saturated rings. The fourth-order valence-electron chi connectivity index (χ4n) is 7.19. The average Bonchev–Trinajstić information content (AvgIpc) is 3.69. The molecule has 52 heavy (non-hydrogen) atoms. The van der Waals surface area contributed by atoms with Crippen LogP contribution in [0, 0.1) is 18.3 Å². The maximum absolute atomic E-state index is 14.5. The summed E-state index contributed by atoms with van der Waals surface area (Å²) in [6.45, 7) is 4.50. The molecule has 1 aliphatic rings. The minimum absolute atomic E-state index is 0.283. The van der Waals surface area contributed by atoms with Crippen LogP contribution in [-0.2, 0) is 16.6 Å². The highest BCUT2D eigenvalue weighted by molar-refractivity contribution is 7.92. The number of carbonyl (C=O) groups is 1. The van der Waals surface area contributed by atoms with Crippen LogP contribution >= 0.6 is 0 Å². The molecule has 0 unspecified atom stereocenters. The van der Waals surface area contributed by atoms with Crippen molar-refractivity contribution in [1.82, 2.24) is 24.6 Å². The number of alkyl halides is 1. The summed E-state index contributed by atoms with van der Waals surface area (Å²) < 4.78 is 50.0. The number of amides is 1. The van der Waals surface area contributed by atoms with Crippen molar-refractivity contribution in [2.24, 2.45) is 0 Å². The zero-order valence-electron chi connectivity index (χ0n) is 29.2. The van der Waals surface area contributed by atoms with Gasteiger partial charge in [-0.15, -0.1) is 0 Å². The van der Waals surface area contributed by atoms with Gasteiger partial charge in [0.15, 0.2) is 0 Å². The number of carbonyl (C=O) groups excluding carboxylic acids is 1. The first-order valence-corrected chi connectivity index (χ1v) is 18.5. The number of benzene rings is 3. The number of sulfonamides is 1.